The average Bonchev–Trinajstić information content (AvgIpc) is 2.26. The molecular formula is C13H21NO3. The van der Waals surface area contributed by atoms with Gasteiger partial charge in [-0.1, -0.05) is 13.8 Å². The topological polar surface area (TPSA) is 51.6 Å². The van der Waals surface area contributed by atoms with E-state index in [0.717, 1.165) is 0 Å². The van der Waals surface area contributed by atoms with Crippen molar-refractivity contribution in [3.05, 3.63) is 18.5 Å². The smallest absolute Gasteiger partial charge is 0.141 e. The fourth-order valence-corrected chi connectivity index (χ4v) is 1.14. The van der Waals surface area contributed by atoms with E-state index in [1.165, 1.54) is 0 Å². The van der Waals surface area contributed by atoms with Gasteiger partial charge in [-0.2, -0.15) is 0 Å². The summed E-state index contributed by atoms with van der Waals surface area (Å²) in [6, 6.07) is 1.81. The third-order valence-corrected chi connectivity index (χ3v) is 2.12. The van der Waals surface area contributed by atoms with Gasteiger partial charge in [-0.25, -0.2) is 0 Å². The standard InChI is InChI=1S/C13H21NO3/c1-10(2)17-12-5-11(6-14-7-12)16-9-13(3,4)8-15/h5-7,10,15H,8-9H2,1-4H3. The number of aliphatic hydroxyl groups excluding tert-OH is 1. The van der Waals surface area contributed by atoms with Gasteiger partial charge in [0.05, 0.1) is 31.7 Å². The van der Waals surface area contributed by atoms with Crippen molar-refractivity contribution in [1.82, 2.24) is 4.98 Å². The van der Waals surface area contributed by atoms with Gasteiger partial charge in [0.1, 0.15) is 11.5 Å². The maximum Gasteiger partial charge on any atom is 0.141 e. The molecule has 1 N–H and O–H groups in total. The molecule has 0 aliphatic heterocycles. The first-order valence-corrected chi connectivity index (χ1v) is 5.78. The van der Waals surface area contributed by atoms with Crippen molar-refractivity contribution >= 4 is 0 Å². The molecule has 0 aromatic carbocycles. The summed E-state index contributed by atoms with van der Waals surface area (Å²) in [5.41, 5.74) is -0.255. The molecule has 4 heteroatoms. The van der Waals surface area contributed by atoms with Crippen LogP contribution in [0.5, 0.6) is 11.5 Å². The van der Waals surface area contributed by atoms with Crippen LogP contribution in [-0.2, 0) is 0 Å². The third-order valence-electron chi connectivity index (χ3n) is 2.12. The van der Waals surface area contributed by atoms with Gasteiger partial charge in [-0.3, -0.25) is 4.98 Å². The summed E-state index contributed by atoms with van der Waals surface area (Å²) in [5, 5.41) is 9.13. The van der Waals surface area contributed by atoms with Crippen molar-refractivity contribution in [2.45, 2.75) is 33.8 Å². The monoisotopic (exact) mass is 239 g/mol. The minimum absolute atomic E-state index is 0.0859. The van der Waals surface area contributed by atoms with Crippen molar-refractivity contribution in [2.75, 3.05) is 13.2 Å². The zero-order valence-corrected chi connectivity index (χ0v) is 10.9. The highest BCUT2D eigenvalue weighted by molar-refractivity contribution is 5.28. The molecule has 0 aliphatic rings. The van der Waals surface area contributed by atoms with E-state index in [0.29, 0.717) is 18.1 Å². The second-order valence-corrected chi connectivity index (χ2v) is 5.13. The molecule has 0 radical (unpaired) electrons. The molecule has 0 amide bonds. The van der Waals surface area contributed by atoms with E-state index >= 15 is 0 Å². The predicted octanol–water partition coefficient (Wildman–Crippen LogP) is 2.27. The lowest BCUT2D eigenvalue weighted by Crippen LogP contribution is -2.25. The van der Waals surface area contributed by atoms with E-state index < -0.39 is 0 Å². The summed E-state index contributed by atoms with van der Waals surface area (Å²) >= 11 is 0. The molecule has 0 spiro atoms. The van der Waals surface area contributed by atoms with E-state index in [1.54, 1.807) is 18.5 Å². The molecule has 1 aromatic rings. The number of pyridine rings is 1. The first-order valence-electron chi connectivity index (χ1n) is 5.78. The summed E-state index contributed by atoms with van der Waals surface area (Å²) in [4.78, 5) is 4.05. The van der Waals surface area contributed by atoms with E-state index in [2.05, 4.69) is 4.98 Å². The number of hydrogen-bond acceptors (Lipinski definition) is 4. The molecule has 1 heterocycles. The molecule has 0 aliphatic carbocycles. The lowest BCUT2D eigenvalue weighted by Gasteiger charge is -2.21. The molecule has 17 heavy (non-hydrogen) atoms. The summed E-state index contributed by atoms with van der Waals surface area (Å²) in [6.07, 6.45) is 3.41. The quantitative estimate of drug-likeness (QED) is 0.827. The highest BCUT2D eigenvalue weighted by atomic mass is 16.5. The second kappa shape index (κ2) is 5.87. The van der Waals surface area contributed by atoms with Gasteiger partial charge in [0, 0.05) is 11.5 Å². The van der Waals surface area contributed by atoms with E-state index in [9.17, 15) is 0 Å². The van der Waals surface area contributed by atoms with Crippen LogP contribution in [0.3, 0.4) is 0 Å². The first-order chi connectivity index (χ1) is 7.93. The maximum absolute atomic E-state index is 9.13. The highest BCUT2D eigenvalue weighted by Crippen LogP contribution is 2.21. The Hall–Kier alpha value is -1.29. The Morgan fingerprint density at radius 2 is 1.94 bits per heavy atom. The lowest BCUT2D eigenvalue weighted by atomic mass is 9.97. The van der Waals surface area contributed by atoms with Crippen molar-refractivity contribution in [3.8, 4) is 11.5 Å². The fourth-order valence-electron chi connectivity index (χ4n) is 1.14. The van der Waals surface area contributed by atoms with Crippen LogP contribution in [0.25, 0.3) is 0 Å². The van der Waals surface area contributed by atoms with Crippen LogP contribution in [0, 0.1) is 5.41 Å². The Morgan fingerprint density at radius 1 is 1.29 bits per heavy atom. The maximum atomic E-state index is 9.13. The molecular weight excluding hydrogens is 218 g/mol. The largest absolute Gasteiger partial charge is 0.491 e. The highest BCUT2D eigenvalue weighted by Gasteiger charge is 2.17. The Labute approximate surface area is 103 Å². The molecule has 0 bridgehead atoms. The number of ether oxygens (including phenoxy) is 2. The molecule has 0 fully saturated rings. The van der Waals surface area contributed by atoms with Gasteiger partial charge in [0.15, 0.2) is 0 Å². The number of rotatable bonds is 6. The van der Waals surface area contributed by atoms with Gasteiger partial charge < -0.3 is 14.6 Å². The van der Waals surface area contributed by atoms with Crippen LogP contribution in [0.15, 0.2) is 18.5 Å². The summed E-state index contributed by atoms with van der Waals surface area (Å²) < 4.78 is 11.1. The van der Waals surface area contributed by atoms with Gasteiger partial charge in [0.2, 0.25) is 0 Å². The molecule has 4 nitrogen and oxygen atoms in total. The second-order valence-electron chi connectivity index (χ2n) is 5.13. The minimum atomic E-state index is -0.255. The summed E-state index contributed by atoms with van der Waals surface area (Å²) in [5.74, 6) is 1.35. The van der Waals surface area contributed by atoms with Crippen LogP contribution >= 0.6 is 0 Å². The Balaban J connectivity index is 2.60. The molecule has 1 aromatic heterocycles. The Kier molecular flexibility index (Phi) is 4.75. The van der Waals surface area contributed by atoms with E-state index in [1.807, 2.05) is 27.7 Å². The summed E-state index contributed by atoms with van der Waals surface area (Å²) in [7, 11) is 0. The number of aliphatic hydroxyl groups is 1. The molecule has 96 valence electrons. The SMILES string of the molecule is CC(C)Oc1cncc(OCC(C)(C)CO)c1. The van der Waals surface area contributed by atoms with E-state index in [-0.39, 0.29) is 18.1 Å². The zero-order chi connectivity index (χ0) is 12.9. The molecule has 0 unspecified atom stereocenters. The molecule has 0 saturated heterocycles. The van der Waals surface area contributed by atoms with E-state index in [4.69, 9.17) is 14.6 Å². The lowest BCUT2D eigenvalue weighted by molar-refractivity contribution is 0.0971. The Morgan fingerprint density at radius 3 is 2.53 bits per heavy atom. The molecule has 0 saturated carbocycles. The molecule has 1 rings (SSSR count). The Bertz CT molecular complexity index is 350. The van der Waals surface area contributed by atoms with Crippen LogP contribution < -0.4 is 9.47 Å². The molecule has 0 atom stereocenters. The van der Waals surface area contributed by atoms with Gasteiger partial charge >= 0.3 is 0 Å². The van der Waals surface area contributed by atoms with Gasteiger partial charge in [-0.05, 0) is 13.8 Å². The van der Waals surface area contributed by atoms with Crippen LogP contribution in [-0.4, -0.2) is 29.4 Å². The van der Waals surface area contributed by atoms with Crippen LogP contribution in [0.2, 0.25) is 0 Å². The van der Waals surface area contributed by atoms with Gasteiger partial charge in [0.25, 0.3) is 0 Å². The van der Waals surface area contributed by atoms with Gasteiger partial charge in [-0.15, -0.1) is 0 Å². The minimum Gasteiger partial charge on any atom is -0.491 e. The van der Waals surface area contributed by atoms with Crippen molar-refractivity contribution in [2.24, 2.45) is 5.41 Å². The zero-order valence-electron chi connectivity index (χ0n) is 10.9. The predicted molar refractivity (Wildman–Crippen MR) is 66.4 cm³/mol. The van der Waals surface area contributed by atoms with Crippen LogP contribution in [0.1, 0.15) is 27.7 Å². The number of aromatic nitrogens is 1. The number of hydrogen-bond donors (Lipinski definition) is 1. The van der Waals surface area contributed by atoms with Crippen molar-refractivity contribution in [1.29, 1.82) is 0 Å². The van der Waals surface area contributed by atoms with Crippen molar-refractivity contribution in [3.63, 3.8) is 0 Å². The first kappa shape index (κ1) is 13.8. The third kappa shape index (κ3) is 5.04. The number of nitrogens with zero attached hydrogens (tertiary/aromatic N) is 1. The normalized spacial score (nSPS) is 11.6. The summed E-state index contributed by atoms with van der Waals surface area (Å²) in [6.45, 7) is 8.33. The van der Waals surface area contributed by atoms with Crippen molar-refractivity contribution < 1.29 is 14.6 Å². The fraction of sp³-hybridized carbons (Fsp3) is 0.615. The van der Waals surface area contributed by atoms with Crippen LogP contribution in [0.4, 0.5) is 0 Å². The average molecular weight is 239 g/mol.